The van der Waals surface area contributed by atoms with E-state index in [2.05, 4.69) is 6.07 Å². The van der Waals surface area contributed by atoms with Crippen LogP contribution in [0.25, 0.3) is 0 Å². The minimum absolute atomic E-state index is 0.00787. The molecule has 14 heavy (non-hydrogen) atoms. The van der Waals surface area contributed by atoms with Crippen LogP contribution in [0.3, 0.4) is 0 Å². The van der Waals surface area contributed by atoms with Crippen molar-refractivity contribution in [1.82, 2.24) is 0 Å². The van der Waals surface area contributed by atoms with E-state index >= 15 is 0 Å². The van der Waals surface area contributed by atoms with Crippen LogP contribution in [0.2, 0.25) is 0 Å². The third-order valence-electron chi connectivity index (χ3n) is 2.42. The summed E-state index contributed by atoms with van der Waals surface area (Å²) in [5, 5.41) is 26.9. The maximum atomic E-state index is 9.16. The highest BCUT2D eigenvalue weighted by molar-refractivity contribution is 7.99. The van der Waals surface area contributed by atoms with Crippen LogP contribution in [-0.4, -0.2) is 34.9 Å². The second-order valence-electron chi connectivity index (χ2n) is 3.72. The molecular formula is C10H19NO2S. The van der Waals surface area contributed by atoms with E-state index in [-0.39, 0.29) is 24.5 Å². The normalized spacial score (nSPS) is 13.6. The SMILES string of the molecule is CCC(CO)(CO)CSCC(C)C#N. The van der Waals surface area contributed by atoms with Crippen LogP contribution < -0.4 is 0 Å². The van der Waals surface area contributed by atoms with Crippen LogP contribution in [0.1, 0.15) is 20.3 Å². The number of thioether (sulfide) groups is 1. The third kappa shape index (κ3) is 4.32. The monoisotopic (exact) mass is 217 g/mol. The molecule has 0 aliphatic carbocycles. The fraction of sp³-hybridized carbons (Fsp3) is 0.900. The number of hydrogen-bond donors (Lipinski definition) is 2. The quantitative estimate of drug-likeness (QED) is 0.674. The zero-order valence-electron chi connectivity index (χ0n) is 8.86. The summed E-state index contributed by atoms with van der Waals surface area (Å²) in [5.41, 5.74) is -0.375. The number of rotatable bonds is 7. The van der Waals surface area contributed by atoms with Gasteiger partial charge in [-0.3, -0.25) is 0 Å². The van der Waals surface area contributed by atoms with Crippen LogP contribution >= 0.6 is 11.8 Å². The van der Waals surface area contributed by atoms with E-state index in [4.69, 9.17) is 15.5 Å². The van der Waals surface area contributed by atoms with Gasteiger partial charge in [-0.2, -0.15) is 17.0 Å². The molecule has 0 spiro atoms. The summed E-state index contributed by atoms with van der Waals surface area (Å²) in [5.74, 6) is 1.51. The highest BCUT2D eigenvalue weighted by atomic mass is 32.2. The Morgan fingerprint density at radius 2 is 2.00 bits per heavy atom. The van der Waals surface area contributed by atoms with Gasteiger partial charge in [0.05, 0.1) is 25.2 Å². The van der Waals surface area contributed by atoms with Gasteiger partial charge >= 0.3 is 0 Å². The summed E-state index contributed by atoms with van der Waals surface area (Å²) in [6.45, 7) is 3.85. The molecule has 0 heterocycles. The van der Waals surface area contributed by atoms with Gasteiger partial charge in [-0.15, -0.1) is 0 Å². The van der Waals surface area contributed by atoms with Gasteiger partial charge in [0.2, 0.25) is 0 Å². The van der Waals surface area contributed by atoms with Gasteiger partial charge in [-0.1, -0.05) is 6.92 Å². The molecule has 0 radical (unpaired) electrons. The largest absolute Gasteiger partial charge is 0.396 e. The fourth-order valence-electron chi connectivity index (χ4n) is 0.956. The van der Waals surface area contributed by atoms with Gasteiger partial charge in [0.1, 0.15) is 0 Å². The predicted octanol–water partition coefficient (Wildman–Crippen LogP) is 1.26. The summed E-state index contributed by atoms with van der Waals surface area (Å²) >= 11 is 1.62. The van der Waals surface area contributed by atoms with Crippen molar-refractivity contribution in [3.8, 4) is 6.07 Å². The summed E-state index contributed by atoms with van der Waals surface area (Å²) in [7, 11) is 0. The van der Waals surface area contributed by atoms with Crippen LogP contribution in [0.4, 0.5) is 0 Å². The van der Waals surface area contributed by atoms with Crippen molar-refractivity contribution >= 4 is 11.8 Å². The molecule has 4 heteroatoms. The molecular weight excluding hydrogens is 198 g/mol. The lowest BCUT2D eigenvalue weighted by atomic mass is 9.90. The van der Waals surface area contributed by atoms with E-state index < -0.39 is 0 Å². The molecule has 0 saturated carbocycles. The first-order chi connectivity index (χ1) is 6.64. The molecule has 0 aromatic rings. The van der Waals surface area contributed by atoms with Gasteiger partial charge in [0, 0.05) is 16.9 Å². The maximum absolute atomic E-state index is 9.16. The first-order valence-electron chi connectivity index (χ1n) is 4.83. The average Bonchev–Trinajstić information content (AvgIpc) is 2.25. The molecule has 1 unspecified atom stereocenters. The zero-order valence-corrected chi connectivity index (χ0v) is 9.68. The van der Waals surface area contributed by atoms with Crippen LogP contribution in [0, 0.1) is 22.7 Å². The van der Waals surface area contributed by atoms with Crippen molar-refractivity contribution in [2.24, 2.45) is 11.3 Å². The Bertz CT molecular complexity index is 179. The van der Waals surface area contributed by atoms with Crippen molar-refractivity contribution in [2.45, 2.75) is 20.3 Å². The molecule has 82 valence electrons. The second-order valence-corrected chi connectivity index (χ2v) is 4.75. The van der Waals surface area contributed by atoms with Crippen molar-refractivity contribution in [1.29, 1.82) is 5.26 Å². The van der Waals surface area contributed by atoms with Gasteiger partial charge in [-0.25, -0.2) is 0 Å². The molecule has 0 aromatic heterocycles. The van der Waals surface area contributed by atoms with E-state index in [9.17, 15) is 0 Å². The Morgan fingerprint density at radius 3 is 2.36 bits per heavy atom. The molecule has 0 aliphatic rings. The van der Waals surface area contributed by atoms with Crippen molar-refractivity contribution in [2.75, 3.05) is 24.7 Å². The average molecular weight is 217 g/mol. The number of nitriles is 1. The summed E-state index contributed by atoms with van der Waals surface area (Å²) < 4.78 is 0. The lowest BCUT2D eigenvalue weighted by molar-refractivity contribution is 0.0710. The Balaban J connectivity index is 3.89. The molecule has 0 fully saturated rings. The molecule has 3 nitrogen and oxygen atoms in total. The first kappa shape index (κ1) is 13.8. The van der Waals surface area contributed by atoms with Crippen LogP contribution in [0.15, 0.2) is 0 Å². The standard InChI is InChI=1S/C10H19NO2S/c1-3-10(6-12,7-13)8-14-5-9(2)4-11/h9,12-13H,3,5-8H2,1-2H3. The second kappa shape index (κ2) is 7.10. The highest BCUT2D eigenvalue weighted by Crippen LogP contribution is 2.26. The molecule has 0 aliphatic heterocycles. The Labute approximate surface area is 90.1 Å². The molecule has 2 N–H and O–H groups in total. The number of nitrogens with zero attached hydrogens (tertiary/aromatic N) is 1. The fourth-order valence-corrected chi connectivity index (χ4v) is 2.32. The molecule has 0 bridgehead atoms. The zero-order chi connectivity index (χ0) is 11.0. The minimum Gasteiger partial charge on any atom is -0.396 e. The summed E-state index contributed by atoms with van der Waals surface area (Å²) in [6.07, 6.45) is 0.758. The predicted molar refractivity (Wildman–Crippen MR) is 59.0 cm³/mol. The summed E-state index contributed by atoms with van der Waals surface area (Å²) in [4.78, 5) is 0. The smallest absolute Gasteiger partial charge is 0.0661 e. The van der Waals surface area contributed by atoms with Crippen molar-refractivity contribution in [3.63, 3.8) is 0 Å². The third-order valence-corrected chi connectivity index (χ3v) is 3.97. The molecule has 0 saturated heterocycles. The topological polar surface area (TPSA) is 64.2 Å². The lowest BCUT2D eigenvalue weighted by Gasteiger charge is -2.27. The molecule has 0 amide bonds. The first-order valence-corrected chi connectivity index (χ1v) is 5.98. The molecule has 0 rings (SSSR count). The Hall–Kier alpha value is -0.240. The minimum atomic E-state index is -0.375. The van der Waals surface area contributed by atoms with Crippen molar-refractivity contribution < 1.29 is 10.2 Å². The van der Waals surface area contributed by atoms with Gasteiger partial charge in [-0.05, 0) is 13.3 Å². The lowest BCUT2D eigenvalue weighted by Crippen LogP contribution is -2.32. The van der Waals surface area contributed by atoms with E-state index in [1.807, 2.05) is 13.8 Å². The Kier molecular flexibility index (Phi) is 6.98. The van der Waals surface area contributed by atoms with Crippen molar-refractivity contribution in [3.05, 3.63) is 0 Å². The van der Waals surface area contributed by atoms with Gasteiger partial charge < -0.3 is 10.2 Å². The summed E-state index contributed by atoms with van der Waals surface area (Å²) in [6, 6.07) is 2.16. The van der Waals surface area contributed by atoms with Crippen LogP contribution in [-0.2, 0) is 0 Å². The van der Waals surface area contributed by atoms with Crippen LogP contribution in [0.5, 0.6) is 0 Å². The van der Waals surface area contributed by atoms with Gasteiger partial charge in [0.15, 0.2) is 0 Å². The molecule has 1 atom stereocenters. The number of hydrogen-bond acceptors (Lipinski definition) is 4. The van der Waals surface area contributed by atoms with E-state index in [1.165, 1.54) is 0 Å². The number of aliphatic hydroxyl groups excluding tert-OH is 2. The maximum Gasteiger partial charge on any atom is 0.0661 e. The van der Waals surface area contributed by atoms with E-state index in [0.29, 0.717) is 5.75 Å². The molecule has 0 aromatic carbocycles. The van der Waals surface area contributed by atoms with E-state index in [0.717, 1.165) is 12.2 Å². The number of aliphatic hydroxyl groups is 2. The highest BCUT2D eigenvalue weighted by Gasteiger charge is 2.26. The van der Waals surface area contributed by atoms with Gasteiger partial charge in [0.25, 0.3) is 0 Å². The Morgan fingerprint density at radius 1 is 1.43 bits per heavy atom. The van der Waals surface area contributed by atoms with E-state index in [1.54, 1.807) is 11.8 Å².